The van der Waals surface area contributed by atoms with Crippen LogP contribution in [0.3, 0.4) is 0 Å². The first-order valence-corrected chi connectivity index (χ1v) is 6.95. The number of amides is 1. The number of carbonyl (C=O) groups excluding carboxylic acids is 1. The van der Waals surface area contributed by atoms with E-state index in [9.17, 15) is 14.9 Å². The molecule has 0 saturated heterocycles. The second kappa shape index (κ2) is 5.74. The predicted molar refractivity (Wildman–Crippen MR) is 78.7 cm³/mol. The molecular formula is C13H8N4O4S. The Bertz CT molecular complexity index is 828. The fraction of sp³-hybridized carbons (Fsp3) is 0. The number of carbonyl (C=O) groups is 1. The average molecular weight is 316 g/mol. The summed E-state index contributed by atoms with van der Waals surface area (Å²) in [7, 11) is 0. The summed E-state index contributed by atoms with van der Waals surface area (Å²) in [5, 5.41) is 22.6. The summed E-state index contributed by atoms with van der Waals surface area (Å²) in [6, 6.07) is 9.13. The number of nitrogens with one attached hydrogen (secondary N) is 1. The molecular weight excluding hydrogens is 308 g/mol. The number of aromatic nitrogens is 2. The van der Waals surface area contributed by atoms with Gasteiger partial charge in [0.05, 0.1) is 9.80 Å². The second-order valence-electron chi connectivity index (χ2n) is 4.12. The Morgan fingerprint density at radius 1 is 1.23 bits per heavy atom. The van der Waals surface area contributed by atoms with Crippen LogP contribution in [0.15, 0.2) is 46.2 Å². The molecule has 2 aromatic heterocycles. The minimum absolute atomic E-state index is 0.0802. The molecule has 0 aliphatic rings. The molecule has 0 aliphatic carbocycles. The van der Waals surface area contributed by atoms with Crippen molar-refractivity contribution in [2.45, 2.75) is 0 Å². The lowest BCUT2D eigenvalue weighted by molar-refractivity contribution is -0.385. The molecule has 8 nitrogen and oxygen atoms in total. The van der Waals surface area contributed by atoms with Gasteiger partial charge in [-0.2, -0.15) is 0 Å². The lowest BCUT2D eigenvalue weighted by Crippen LogP contribution is -2.14. The van der Waals surface area contributed by atoms with Crippen molar-refractivity contribution in [3.8, 4) is 10.8 Å². The second-order valence-corrected chi connectivity index (χ2v) is 5.07. The molecule has 0 unspecified atom stereocenters. The molecule has 2 heterocycles. The zero-order chi connectivity index (χ0) is 15.5. The molecule has 0 radical (unpaired) electrons. The van der Waals surface area contributed by atoms with Crippen LogP contribution in [-0.2, 0) is 0 Å². The van der Waals surface area contributed by atoms with E-state index in [1.807, 2.05) is 11.4 Å². The Morgan fingerprint density at radius 2 is 2.05 bits per heavy atom. The molecule has 0 saturated carbocycles. The smallest absolute Gasteiger partial charge is 0.322 e. The zero-order valence-corrected chi connectivity index (χ0v) is 11.7. The SMILES string of the molecule is O=C(Nc1nnc(-c2cccs2)o1)c1ccccc1[N+](=O)[O-]. The molecule has 0 spiro atoms. The highest BCUT2D eigenvalue weighted by Crippen LogP contribution is 2.25. The molecule has 1 N–H and O–H groups in total. The highest BCUT2D eigenvalue weighted by molar-refractivity contribution is 7.13. The summed E-state index contributed by atoms with van der Waals surface area (Å²) >= 11 is 1.41. The summed E-state index contributed by atoms with van der Waals surface area (Å²) < 4.78 is 5.31. The van der Waals surface area contributed by atoms with Crippen LogP contribution < -0.4 is 5.32 Å². The van der Waals surface area contributed by atoms with Crippen LogP contribution in [0.4, 0.5) is 11.7 Å². The van der Waals surface area contributed by atoms with Gasteiger partial charge in [-0.25, -0.2) is 0 Å². The van der Waals surface area contributed by atoms with E-state index in [-0.39, 0.29) is 23.2 Å². The van der Waals surface area contributed by atoms with Crippen molar-refractivity contribution in [2.24, 2.45) is 0 Å². The third-order valence-electron chi connectivity index (χ3n) is 2.72. The van der Waals surface area contributed by atoms with Gasteiger partial charge in [-0.05, 0) is 17.5 Å². The minimum atomic E-state index is -0.686. The van der Waals surface area contributed by atoms with Crippen LogP contribution in [0.2, 0.25) is 0 Å². The van der Waals surface area contributed by atoms with Crippen molar-refractivity contribution in [2.75, 3.05) is 5.32 Å². The van der Waals surface area contributed by atoms with Gasteiger partial charge in [-0.1, -0.05) is 23.3 Å². The highest BCUT2D eigenvalue weighted by atomic mass is 32.1. The minimum Gasteiger partial charge on any atom is -0.402 e. The van der Waals surface area contributed by atoms with Crippen molar-refractivity contribution in [3.63, 3.8) is 0 Å². The number of nitro benzene ring substituents is 1. The molecule has 1 amide bonds. The van der Waals surface area contributed by atoms with E-state index >= 15 is 0 Å². The molecule has 3 rings (SSSR count). The fourth-order valence-electron chi connectivity index (χ4n) is 1.76. The van der Waals surface area contributed by atoms with Gasteiger partial charge >= 0.3 is 6.01 Å². The van der Waals surface area contributed by atoms with E-state index in [0.29, 0.717) is 0 Å². The van der Waals surface area contributed by atoms with E-state index in [4.69, 9.17) is 4.42 Å². The van der Waals surface area contributed by atoms with Gasteiger partial charge in [0.25, 0.3) is 17.5 Å². The van der Waals surface area contributed by atoms with Gasteiger partial charge < -0.3 is 4.42 Å². The van der Waals surface area contributed by atoms with Gasteiger partial charge in [0, 0.05) is 6.07 Å². The first-order chi connectivity index (χ1) is 10.6. The summed E-state index contributed by atoms with van der Waals surface area (Å²) in [5.74, 6) is -0.415. The van der Waals surface area contributed by atoms with Crippen molar-refractivity contribution in [3.05, 3.63) is 57.5 Å². The number of hydrogen-bond donors (Lipinski definition) is 1. The summed E-state index contributed by atoms with van der Waals surface area (Å²) in [6.45, 7) is 0. The maximum Gasteiger partial charge on any atom is 0.322 e. The van der Waals surface area contributed by atoms with Crippen LogP contribution in [0.25, 0.3) is 10.8 Å². The van der Waals surface area contributed by atoms with Crippen LogP contribution in [0.1, 0.15) is 10.4 Å². The number of rotatable bonds is 4. The number of hydrogen-bond acceptors (Lipinski definition) is 7. The van der Waals surface area contributed by atoms with E-state index in [1.165, 1.54) is 35.6 Å². The number of benzene rings is 1. The molecule has 0 fully saturated rings. The van der Waals surface area contributed by atoms with Crippen molar-refractivity contribution in [1.82, 2.24) is 10.2 Å². The number of anilines is 1. The molecule has 22 heavy (non-hydrogen) atoms. The Labute approximate surface area is 127 Å². The number of nitrogens with zero attached hydrogens (tertiary/aromatic N) is 3. The lowest BCUT2D eigenvalue weighted by Gasteiger charge is -2.01. The molecule has 3 aromatic rings. The maximum atomic E-state index is 12.1. The van der Waals surface area contributed by atoms with Crippen LogP contribution in [-0.4, -0.2) is 21.0 Å². The maximum absolute atomic E-state index is 12.1. The topological polar surface area (TPSA) is 111 Å². The van der Waals surface area contributed by atoms with Crippen molar-refractivity contribution >= 4 is 28.9 Å². The number of para-hydroxylation sites is 1. The lowest BCUT2D eigenvalue weighted by atomic mass is 10.1. The van der Waals surface area contributed by atoms with Gasteiger partial charge in [-0.15, -0.1) is 16.4 Å². The summed E-state index contributed by atoms with van der Waals surface area (Å²) in [5.41, 5.74) is -0.374. The van der Waals surface area contributed by atoms with Gasteiger partial charge in [0.15, 0.2) is 0 Å². The Hall–Kier alpha value is -3.07. The van der Waals surface area contributed by atoms with E-state index in [0.717, 1.165) is 4.88 Å². The fourth-order valence-corrected chi connectivity index (χ4v) is 2.41. The van der Waals surface area contributed by atoms with Gasteiger partial charge in [0.2, 0.25) is 0 Å². The largest absolute Gasteiger partial charge is 0.402 e. The third-order valence-corrected chi connectivity index (χ3v) is 3.58. The van der Waals surface area contributed by atoms with Crippen molar-refractivity contribution in [1.29, 1.82) is 0 Å². The van der Waals surface area contributed by atoms with Crippen molar-refractivity contribution < 1.29 is 14.1 Å². The van der Waals surface area contributed by atoms with Crippen LogP contribution in [0, 0.1) is 10.1 Å². The molecule has 0 aliphatic heterocycles. The summed E-state index contributed by atoms with van der Waals surface area (Å²) in [6.07, 6.45) is 0. The molecule has 0 atom stereocenters. The molecule has 0 bridgehead atoms. The van der Waals surface area contributed by atoms with Crippen LogP contribution >= 0.6 is 11.3 Å². The van der Waals surface area contributed by atoms with E-state index < -0.39 is 10.8 Å². The summed E-state index contributed by atoms with van der Waals surface area (Å²) in [4.78, 5) is 23.1. The Kier molecular flexibility index (Phi) is 3.62. The normalized spacial score (nSPS) is 10.4. The van der Waals surface area contributed by atoms with E-state index in [1.54, 1.807) is 6.07 Å². The third kappa shape index (κ3) is 2.69. The highest BCUT2D eigenvalue weighted by Gasteiger charge is 2.21. The monoisotopic (exact) mass is 316 g/mol. The first kappa shape index (κ1) is 13.9. The molecule has 9 heteroatoms. The quantitative estimate of drug-likeness (QED) is 0.585. The Morgan fingerprint density at radius 3 is 2.77 bits per heavy atom. The Balaban J connectivity index is 1.82. The first-order valence-electron chi connectivity index (χ1n) is 6.07. The van der Waals surface area contributed by atoms with Crippen LogP contribution in [0.5, 0.6) is 0 Å². The predicted octanol–water partition coefficient (Wildman–Crippen LogP) is 2.96. The number of thiophene rings is 1. The molecule has 1 aromatic carbocycles. The molecule has 110 valence electrons. The van der Waals surface area contributed by atoms with Gasteiger partial charge in [-0.3, -0.25) is 20.2 Å². The van der Waals surface area contributed by atoms with E-state index in [2.05, 4.69) is 15.5 Å². The zero-order valence-electron chi connectivity index (χ0n) is 10.9. The number of nitro groups is 1. The standard InChI is InChI=1S/C13H8N4O4S/c18-11(8-4-1-2-5-9(8)17(19)20)14-13-16-15-12(21-13)10-6-3-7-22-10/h1-7H,(H,14,16,18). The average Bonchev–Trinajstić information content (AvgIpc) is 3.17. The van der Waals surface area contributed by atoms with Gasteiger partial charge in [0.1, 0.15) is 5.56 Å².